The number of nitrogens with one attached hydrogen (secondary N) is 2. The first-order valence-corrected chi connectivity index (χ1v) is 4.17. The molecule has 1 rings (SSSR count). The third-order valence-electron chi connectivity index (χ3n) is 1.77. The first kappa shape index (κ1) is 10.1. The van der Waals surface area contributed by atoms with E-state index in [1.807, 2.05) is 19.1 Å². The Morgan fingerprint density at radius 3 is 2.79 bits per heavy atom. The highest BCUT2D eigenvalue weighted by Crippen LogP contribution is 2.15. The van der Waals surface area contributed by atoms with Crippen LogP contribution in [0.1, 0.15) is 11.1 Å². The van der Waals surface area contributed by atoms with E-state index in [0.29, 0.717) is 11.3 Å². The van der Waals surface area contributed by atoms with Crippen LogP contribution in [-0.4, -0.2) is 13.1 Å². The zero-order valence-electron chi connectivity index (χ0n) is 8.09. The van der Waals surface area contributed by atoms with Gasteiger partial charge >= 0.3 is 6.03 Å². The Balaban J connectivity index is 2.98. The van der Waals surface area contributed by atoms with Gasteiger partial charge in [0.2, 0.25) is 0 Å². The van der Waals surface area contributed by atoms with Crippen molar-refractivity contribution in [2.24, 2.45) is 0 Å². The van der Waals surface area contributed by atoms with Crippen LogP contribution < -0.4 is 10.6 Å². The summed E-state index contributed by atoms with van der Waals surface area (Å²) in [4.78, 5) is 11.0. The molecule has 14 heavy (non-hydrogen) atoms. The molecule has 1 aromatic carbocycles. The summed E-state index contributed by atoms with van der Waals surface area (Å²) < 4.78 is 0. The molecule has 4 nitrogen and oxygen atoms in total. The molecule has 0 atom stereocenters. The number of aryl methyl sites for hydroxylation is 1. The van der Waals surface area contributed by atoms with Crippen molar-refractivity contribution in [3.63, 3.8) is 0 Å². The fourth-order valence-corrected chi connectivity index (χ4v) is 1.04. The van der Waals surface area contributed by atoms with Crippen molar-refractivity contribution in [3.05, 3.63) is 29.3 Å². The van der Waals surface area contributed by atoms with E-state index in [4.69, 9.17) is 5.26 Å². The van der Waals surface area contributed by atoms with Gasteiger partial charge in [0.25, 0.3) is 0 Å². The van der Waals surface area contributed by atoms with E-state index in [0.717, 1.165) is 5.56 Å². The van der Waals surface area contributed by atoms with Gasteiger partial charge < -0.3 is 10.6 Å². The Bertz CT molecular complexity index is 393. The molecule has 1 aromatic rings. The SMILES string of the molecule is CNC(=O)Nc1ccc(C)cc1C#N. The molecule has 2 amide bonds. The van der Waals surface area contributed by atoms with Crippen LogP contribution in [0.15, 0.2) is 18.2 Å². The Morgan fingerprint density at radius 1 is 1.50 bits per heavy atom. The molecule has 72 valence electrons. The molecule has 0 spiro atoms. The molecule has 0 saturated heterocycles. The third kappa shape index (κ3) is 2.23. The second kappa shape index (κ2) is 4.28. The van der Waals surface area contributed by atoms with Crippen molar-refractivity contribution in [2.45, 2.75) is 6.92 Å². The number of hydrogen-bond acceptors (Lipinski definition) is 2. The quantitative estimate of drug-likeness (QED) is 0.705. The standard InChI is InChI=1S/C10H11N3O/c1-7-3-4-9(8(5-7)6-11)13-10(14)12-2/h3-5H,1-2H3,(H2,12,13,14). The number of anilines is 1. The highest BCUT2D eigenvalue weighted by molar-refractivity contribution is 5.90. The van der Waals surface area contributed by atoms with Crippen LogP contribution in [-0.2, 0) is 0 Å². The van der Waals surface area contributed by atoms with Crippen molar-refractivity contribution >= 4 is 11.7 Å². The summed E-state index contributed by atoms with van der Waals surface area (Å²) in [6.45, 7) is 1.89. The monoisotopic (exact) mass is 189 g/mol. The normalized spacial score (nSPS) is 8.93. The molecule has 2 N–H and O–H groups in total. The molecule has 0 aliphatic rings. The lowest BCUT2D eigenvalue weighted by atomic mass is 10.1. The number of nitriles is 1. The molecule has 0 heterocycles. The van der Waals surface area contributed by atoms with E-state index < -0.39 is 0 Å². The third-order valence-corrected chi connectivity index (χ3v) is 1.77. The summed E-state index contributed by atoms with van der Waals surface area (Å²) in [5, 5.41) is 13.8. The largest absolute Gasteiger partial charge is 0.341 e. The smallest absolute Gasteiger partial charge is 0.319 e. The fraction of sp³-hybridized carbons (Fsp3) is 0.200. The van der Waals surface area contributed by atoms with Crippen LogP contribution in [0.5, 0.6) is 0 Å². The minimum atomic E-state index is -0.328. The fourth-order valence-electron chi connectivity index (χ4n) is 1.04. The van der Waals surface area contributed by atoms with E-state index in [1.165, 1.54) is 7.05 Å². The van der Waals surface area contributed by atoms with Crippen molar-refractivity contribution in [2.75, 3.05) is 12.4 Å². The molecule has 4 heteroatoms. The van der Waals surface area contributed by atoms with E-state index in [-0.39, 0.29) is 6.03 Å². The topological polar surface area (TPSA) is 64.9 Å². The number of nitrogens with zero attached hydrogens (tertiary/aromatic N) is 1. The van der Waals surface area contributed by atoms with Gasteiger partial charge in [-0.05, 0) is 24.6 Å². The lowest BCUT2D eigenvalue weighted by molar-refractivity contribution is 0.254. The van der Waals surface area contributed by atoms with Crippen LogP contribution >= 0.6 is 0 Å². The summed E-state index contributed by atoms with van der Waals surface area (Å²) >= 11 is 0. The van der Waals surface area contributed by atoms with Crippen molar-refractivity contribution in [3.8, 4) is 6.07 Å². The second-order valence-corrected chi connectivity index (χ2v) is 2.86. The van der Waals surface area contributed by atoms with Crippen LogP contribution in [0.25, 0.3) is 0 Å². The van der Waals surface area contributed by atoms with E-state index in [2.05, 4.69) is 10.6 Å². The van der Waals surface area contributed by atoms with E-state index >= 15 is 0 Å². The lowest BCUT2D eigenvalue weighted by Gasteiger charge is -2.06. The average molecular weight is 189 g/mol. The van der Waals surface area contributed by atoms with E-state index in [1.54, 1.807) is 12.1 Å². The van der Waals surface area contributed by atoms with Crippen LogP contribution in [0.4, 0.5) is 10.5 Å². The maximum absolute atomic E-state index is 11.0. The molecule has 0 bridgehead atoms. The van der Waals surface area contributed by atoms with Gasteiger partial charge in [0.15, 0.2) is 0 Å². The van der Waals surface area contributed by atoms with Gasteiger partial charge in [-0.25, -0.2) is 4.79 Å². The van der Waals surface area contributed by atoms with Gasteiger partial charge in [0.1, 0.15) is 6.07 Å². The summed E-state index contributed by atoms with van der Waals surface area (Å²) in [5.41, 5.74) is 1.98. The Morgan fingerprint density at radius 2 is 2.21 bits per heavy atom. The Hall–Kier alpha value is -2.02. The van der Waals surface area contributed by atoms with Gasteiger partial charge in [0, 0.05) is 7.05 Å². The van der Waals surface area contributed by atoms with Crippen molar-refractivity contribution in [1.29, 1.82) is 5.26 Å². The lowest BCUT2D eigenvalue weighted by Crippen LogP contribution is -2.24. The number of amides is 2. The molecule has 0 unspecified atom stereocenters. The molecular formula is C10H11N3O. The number of benzene rings is 1. The maximum atomic E-state index is 11.0. The van der Waals surface area contributed by atoms with Gasteiger partial charge in [-0.1, -0.05) is 6.07 Å². The number of carbonyl (C=O) groups is 1. The summed E-state index contributed by atoms with van der Waals surface area (Å²) in [6.07, 6.45) is 0. The summed E-state index contributed by atoms with van der Waals surface area (Å²) in [7, 11) is 1.52. The molecule has 0 radical (unpaired) electrons. The molecule has 0 saturated carbocycles. The zero-order valence-corrected chi connectivity index (χ0v) is 8.09. The summed E-state index contributed by atoms with van der Waals surface area (Å²) in [6, 6.07) is 6.97. The van der Waals surface area contributed by atoms with Gasteiger partial charge in [-0.2, -0.15) is 5.26 Å². The van der Waals surface area contributed by atoms with Crippen LogP contribution in [0.3, 0.4) is 0 Å². The minimum absolute atomic E-state index is 0.328. The first-order chi connectivity index (χ1) is 6.67. The van der Waals surface area contributed by atoms with Crippen LogP contribution in [0, 0.1) is 18.3 Å². The highest BCUT2D eigenvalue weighted by atomic mass is 16.2. The Kier molecular flexibility index (Phi) is 3.08. The minimum Gasteiger partial charge on any atom is -0.341 e. The molecule has 0 aliphatic carbocycles. The zero-order chi connectivity index (χ0) is 10.6. The molecule has 0 aliphatic heterocycles. The van der Waals surface area contributed by atoms with E-state index in [9.17, 15) is 4.79 Å². The second-order valence-electron chi connectivity index (χ2n) is 2.86. The number of rotatable bonds is 1. The van der Waals surface area contributed by atoms with Gasteiger partial charge in [0.05, 0.1) is 11.3 Å². The average Bonchev–Trinajstić information content (AvgIpc) is 2.20. The van der Waals surface area contributed by atoms with Crippen LogP contribution in [0.2, 0.25) is 0 Å². The summed E-state index contributed by atoms with van der Waals surface area (Å²) in [5.74, 6) is 0. The first-order valence-electron chi connectivity index (χ1n) is 4.17. The predicted molar refractivity (Wildman–Crippen MR) is 54.0 cm³/mol. The van der Waals surface area contributed by atoms with Gasteiger partial charge in [-0.3, -0.25) is 0 Å². The molecule has 0 aromatic heterocycles. The highest BCUT2D eigenvalue weighted by Gasteiger charge is 2.04. The van der Waals surface area contributed by atoms with Crippen molar-refractivity contribution in [1.82, 2.24) is 5.32 Å². The number of carbonyl (C=O) groups excluding carboxylic acids is 1. The van der Waals surface area contributed by atoms with Gasteiger partial charge in [-0.15, -0.1) is 0 Å². The molecular weight excluding hydrogens is 178 g/mol. The molecule has 0 fully saturated rings. The number of urea groups is 1. The Labute approximate surface area is 82.5 Å². The van der Waals surface area contributed by atoms with Crippen molar-refractivity contribution < 1.29 is 4.79 Å². The number of hydrogen-bond donors (Lipinski definition) is 2. The predicted octanol–water partition coefficient (Wildman–Crippen LogP) is 1.62. The maximum Gasteiger partial charge on any atom is 0.319 e.